The van der Waals surface area contributed by atoms with Crippen molar-refractivity contribution < 1.29 is 9.59 Å². The van der Waals surface area contributed by atoms with E-state index in [0.29, 0.717) is 25.9 Å². The number of nitrogens with one attached hydrogen (secondary N) is 1. The first-order valence-electron chi connectivity index (χ1n) is 10.1. The van der Waals surface area contributed by atoms with Crippen LogP contribution in [0, 0.1) is 13.8 Å². The van der Waals surface area contributed by atoms with Crippen LogP contribution in [0.5, 0.6) is 0 Å². The Morgan fingerprint density at radius 1 is 0.964 bits per heavy atom. The van der Waals surface area contributed by atoms with Crippen molar-refractivity contribution in [3.05, 3.63) is 70.8 Å². The van der Waals surface area contributed by atoms with Crippen molar-refractivity contribution in [3.63, 3.8) is 0 Å². The molecule has 0 saturated carbocycles. The summed E-state index contributed by atoms with van der Waals surface area (Å²) in [6.07, 6.45) is 1.75. The van der Waals surface area contributed by atoms with Crippen molar-refractivity contribution in [2.24, 2.45) is 0 Å². The maximum absolute atomic E-state index is 13.2. The summed E-state index contributed by atoms with van der Waals surface area (Å²) in [5.74, 6) is -0.0970. The van der Waals surface area contributed by atoms with Crippen LogP contribution >= 0.6 is 0 Å². The summed E-state index contributed by atoms with van der Waals surface area (Å²) in [6.45, 7) is 9.09. The summed E-state index contributed by atoms with van der Waals surface area (Å²) in [5.41, 5.74) is 4.29. The molecule has 0 aromatic heterocycles. The topological polar surface area (TPSA) is 49.4 Å². The quantitative estimate of drug-likeness (QED) is 0.709. The Labute approximate surface area is 169 Å². The maximum atomic E-state index is 13.2. The minimum Gasteiger partial charge on any atom is -0.354 e. The zero-order valence-corrected chi connectivity index (χ0v) is 17.5. The summed E-state index contributed by atoms with van der Waals surface area (Å²) in [7, 11) is 0. The van der Waals surface area contributed by atoms with Crippen LogP contribution in [0.4, 0.5) is 0 Å². The minimum atomic E-state index is -0.468. The molecule has 0 heterocycles. The predicted octanol–water partition coefficient (Wildman–Crippen LogP) is 4.18. The number of nitrogens with zero attached hydrogens (tertiary/aromatic N) is 1. The molecule has 0 spiro atoms. The zero-order chi connectivity index (χ0) is 20.5. The molecule has 0 aliphatic carbocycles. The molecule has 4 nitrogen and oxygen atoms in total. The molecule has 4 heteroatoms. The minimum absolute atomic E-state index is 0.0226. The second kappa shape index (κ2) is 10.6. The Morgan fingerprint density at radius 3 is 2.14 bits per heavy atom. The third-order valence-electron chi connectivity index (χ3n) is 4.81. The van der Waals surface area contributed by atoms with Gasteiger partial charge in [0.2, 0.25) is 11.8 Å². The number of amides is 2. The van der Waals surface area contributed by atoms with E-state index in [2.05, 4.69) is 11.4 Å². The highest BCUT2D eigenvalue weighted by Gasteiger charge is 2.28. The lowest BCUT2D eigenvalue weighted by Gasteiger charge is -2.31. The molecule has 2 aromatic rings. The third kappa shape index (κ3) is 6.22. The van der Waals surface area contributed by atoms with Crippen molar-refractivity contribution >= 4 is 11.8 Å². The standard InChI is InChI=1S/C24H32N2O2/c1-5-13-25-24(28)22(6-2)26(17-21-12-8-10-19(4)15-21)23(27)16-20-11-7-9-18(3)14-20/h7-12,14-15,22H,5-6,13,16-17H2,1-4H3,(H,25,28)/t22-/m1/s1. The monoisotopic (exact) mass is 380 g/mol. The largest absolute Gasteiger partial charge is 0.354 e. The van der Waals surface area contributed by atoms with Crippen LogP contribution in [0.2, 0.25) is 0 Å². The number of aryl methyl sites for hydroxylation is 2. The lowest BCUT2D eigenvalue weighted by atomic mass is 10.0. The van der Waals surface area contributed by atoms with Gasteiger partial charge in [0, 0.05) is 13.1 Å². The van der Waals surface area contributed by atoms with Crippen molar-refractivity contribution in [2.45, 2.75) is 59.5 Å². The summed E-state index contributed by atoms with van der Waals surface area (Å²) >= 11 is 0. The van der Waals surface area contributed by atoms with Gasteiger partial charge in [-0.3, -0.25) is 9.59 Å². The molecule has 0 aliphatic heterocycles. The van der Waals surface area contributed by atoms with E-state index in [1.165, 1.54) is 0 Å². The molecule has 2 amide bonds. The molecule has 0 unspecified atom stereocenters. The van der Waals surface area contributed by atoms with Gasteiger partial charge in [0.1, 0.15) is 6.04 Å². The van der Waals surface area contributed by atoms with Crippen LogP contribution in [0.15, 0.2) is 48.5 Å². The Morgan fingerprint density at radius 2 is 1.57 bits per heavy atom. The molecule has 0 bridgehead atoms. The average Bonchev–Trinajstić information content (AvgIpc) is 2.66. The van der Waals surface area contributed by atoms with Crippen molar-refractivity contribution in [3.8, 4) is 0 Å². The van der Waals surface area contributed by atoms with Crippen molar-refractivity contribution in [1.82, 2.24) is 10.2 Å². The number of hydrogen-bond donors (Lipinski definition) is 1. The van der Waals surface area contributed by atoms with Crippen LogP contribution < -0.4 is 5.32 Å². The molecular weight excluding hydrogens is 348 g/mol. The van der Waals surface area contributed by atoms with Crippen molar-refractivity contribution in [1.29, 1.82) is 0 Å². The summed E-state index contributed by atoms with van der Waals surface area (Å²) < 4.78 is 0. The molecule has 2 aromatic carbocycles. The number of carbonyl (C=O) groups excluding carboxylic acids is 2. The lowest BCUT2D eigenvalue weighted by Crippen LogP contribution is -2.49. The first-order valence-corrected chi connectivity index (χ1v) is 10.1. The molecule has 0 saturated heterocycles. The van der Waals surface area contributed by atoms with Gasteiger partial charge in [-0.2, -0.15) is 0 Å². The van der Waals surface area contributed by atoms with Crippen LogP contribution in [-0.2, 0) is 22.6 Å². The maximum Gasteiger partial charge on any atom is 0.242 e. The van der Waals surface area contributed by atoms with E-state index >= 15 is 0 Å². The molecule has 1 atom stereocenters. The highest BCUT2D eigenvalue weighted by atomic mass is 16.2. The lowest BCUT2D eigenvalue weighted by molar-refractivity contribution is -0.140. The van der Waals surface area contributed by atoms with Gasteiger partial charge in [0.25, 0.3) is 0 Å². The molecular formula is C24H32N2O2. The smallest absolute Gasteiger partial charge is 0.242 e. The van der Waals surface area contributed by atoms with Gasteiger partial charge in [-0.1, -0.05) is 73.5 Å². The van der Waals surface area contributed by atoms with E-state index in [4.69, 9.17) is 0 Å². The Bertz CT molecular complexity index is 801. The molecule has 150 valence electrons. The molecule has 0 radical (unpaired) electrons. The highest BCUT2D eigenvalue weighted by Crippen LogP contribution is 2.16. The Hall–Kier alpha value is -2.62. The fraction of sp³-hybridized carbons (Fsp3) is 0.417. The second-order valence-electron chi connectivity index (χ2n) is 7.39. The first kappa shape index (κ1) is 21.7. The number of hydrogen-bond acceptors (Lipinski definition) is 2. The van der Waals surface area contributed by atoms with E-state index < -0.39 is 6.04 Å². The van der Waals surface area contributed by atoms with Gasteiger partial charge in [-0.15, -0.1) is 0 Å². The van der Waals surface area contributed by atoms with Gasteiger partial charge in [0.05, 0.1) is 6.42 Å². The van der Waals surface area contributed by atoms with Gasteiger partial charge >= 0.3 is 0 Å². The van der Waals surface area contributed by atoms with E-state index in [9.17, 15) is 9.59 Å². The van der Waals surface area contributed by atoms with Gasteiger partial charge in [-0.05, 0) is 37.8 Å². The van der Waals surface area contributed by atoms with Gasteiger partial charge in [0.15, 0.2) is 0 Å². The number of carbonyl (C=O) groups is 2. The van der Waals surface area contributed by atoms with Crippen LogP contribution in [0.3, 0.4) is 0 Å². The summed E-state index contributed by atoms with van der Waals surface area (Å²) in [5, 5.41) is 2.96. The van der Waals surface area contributed by atoms with Crippen molar-refractivity contribution in [2.75, 3.05) is 6.54 Å². The predicted molar refractivity (Wildman–Crippen MR) is 114 cm³/mol. The van der Waals surface area contributed by atoms with Crippen LogP contribution in [0.1, 0.15) is 48.9 Å². The third-order valence-corrected chi connectivity index (χ3v) is 4.81. The zero-order valence-electron chi connectivity index (χ0n) is 17.5. The molecule has 2 rings (SSSR count). The van der Waals surface area contributed by atoms with Gasteiger partial charge < -0.3 is 10.2 Å². The van der Waals surface area contributed by atoms with Crippen LogP contribution in [0.25, 0.3) is 0 Å². The van der Waals surface area contributed by atoms with E-state index in [1.807, 2.05) is 70.2 Å². The first-order chi connectivity index (χ1) is 13.4. The Balaban J connectivity index is 2.27. The molecule has 0 fully saturated rings. The fourth-order valence-electron chi connectivity index (χ4n) is 3.39. The Kier molecular flexibility index (Phi) is 8.24. The fourth-order valence-corrected chi connectivity index (χ4v) is 3.39. The summed E-state index contributed by atoms with van der Waals surface area (Å²) in [6, 6.07) is 15.6. The highest BCUT2D eigenvalue weighted by molar-refractivity contribution is 5.88. The van der Waals surface area contributed by atoms with Crippen LogP contribution in [-0.4, -0.2) is 29.3 Å². The van der Waals surface area contributed by atoms with E-state index in [1.54, 1.807) is 4.90 Å². The molecule has 1 N–H and O–H groups in total. The summed E-state index contributed by atoms with van der Waals surface area (Å²) in [4.78, 5) is 27.7. The number of rotatable bonds is 9. The van der Waals surface area contributed by atoms with Gasteiger partial charge in [-0.25, -0.2) is 0 Å². The van der Waals surface area contributed by atoms with E-state index in [-0.39, 0.29) is 11.8 Å². The average molecular weight is 381 g/mol. The molecule has 0 aliphatic rings. The van der Waals surface area contributed by atoms with E-state index in [0.717, 1.165) is 28.7 Å². The SMILES string of the molecule is CCCNC(=O)[C@@H](CC)N(Cc1cccc(C)c1)C(=O)Cc1cccc(C)c1. The molecule has 28 heavy (non-hydrogen) atoms. The normalized spacial score (nSPS) is 11.7. The number of benzene rings is 2. The second-order valence-corrected chi connectivity index (χ2v) is 7.39.